The lowest BCUT2D eigenvalue weighted by atomic mass is 10.2. The van der Waals surface area contributed by atoms with Gasteiger partial charge in [0, 0.05) is 18.7 Å². The number of rotatable bonds is 6. The molecular weight excluding hydrogens is 354 g/mol. The normalized spacial score (nSPS) is 10.0. The maximum atomic E-state index is 12.0. The molecule has 9 heteroatoms. The van der Waals surface area contributed by atoms with Crippen LogP contribution in [-0.4, -0.2) is 29.3 Å². The summed E-state index contributed by atoms with van der Waals surface area (Å²) in [5.74, 6) is -1.68. The number of nitro benzene ring substituents is 1. The number of aryl methyl sites for hydroxylation is 1. The molecular formula is C18H17N3O6. The zero-order valence-electron chi connectivity index (χ0n) is 14.6. The van der Waals surface area contributed by atoms with Crippen LogP contribution in [0.25, 0.3) is 0 Å². The summed E-state index contributed by atoms with van der Waals surface area (Å²) in [6.07, 6.45) is 0. The first kappa shape index (κ1) is 19.6. The summed E-state index contributed by atoms with van der Waals surface area (Å²) in [5.41, 5.74) is 1.16. The molecule has 2 aromatic rings. The third kappa shape index (κ3) is 5.63. The molecule has 0 unspecified atom stereocenters. The number of hydrogen-bond donors (Lipinski definition) is 2. The van der Waals surface area contributed by atoms with E-state index < -0.39 is 23.4 Å². The van der Waals surface area contributed by atoms with Crippen molar-refractivity contribution in [1.82, 2.24) is 0 Å². The van der Waals surface area contributed by atoms with E-state index in [0.717, 1.165) is 0 Å². The highest BCUT2D eigenvalue weighted by molar-refractivity contribution is 5.97. The fourth-order valence-corrected chi connectivity index (χ4v) is 2.19. The van der Waals surface area contributed by atoms with Crippen molar-refractivity contribution in [3.8, 4) is 0 Å². The van der Waals surface area contributed by atoms with Crippen LogP contribution < -0.4 is 10.6 Å². The van der Waals surface area contributed by atoms with Gasteiger partial charge in [0.25, 0.3) is 11.6 Å². The van der Waals surface area contributed by atoms with Gasteiger partial charge in [-0.15, -0.1) is 0 Å². The summed E-state index contributed by atoms with van der Waals surface area (Å²) < 4.78 is 4.90. The molecule has 0 heterocycles. The molecule has 0 spiro atoms. The number of esters is 1. The Hall–Kier alpha value is -3.75. The molecule has 2 aromatic carbocycles. The predicted molar refractivity (Wildman–Crippen MR) is 97.5 cm³/mol. The van der Waals surface area contributed by atoms with E-state index in [1.165, 1.54) is 43.3 Å². The van der Waals surface area contributed by atoms with Gasteiger partial charge in [0.2, 0.25) is 5.91 Å². The lowest BCUT2D eigenvalue weighted by Gasteiger charge is -2.08. The Morgan fingerprint density at radius 3 is 2.33 bits per heavy atom. The van der Waals surface area contributed by atoms with E-state index >= 15 is 0 Å². The number of nitrogens with zero attached hydrogens (tertiary/aromatic N) is 1. The number of hydrogen-bond acceptors (Lipinski definition) is 6. The molecule has 0 aliphatic carbocycles. The molecule has 0 aliphatic heterocycles. The zero-order valence-corrected chi connectivity index (χ0v) is 14.6. The molecule has 0 aromatic heterocycles. The third-order valence-corrected chi connectivity index (χ3v) is 3.40. The van der Waals surface area contributed by atoms with Gasteiger partial charge in [-0.05, 0) is 42.8 Å². The fourth-order valence-electron chi connectivity index (χ4n) is 2.19. The van der Waals surface area contributed by atoms with Gasteiger partial charge in [0.05, 0.1) is 10.5 Å². The molecule has 27 heavy (non-hydrogen) atoms. The van der Waals surface area contributed by atoms with E-state index in [2.05, 4.69) is 10.6 Å². The van der Waals surface area contributed by atoms with E-state index in [9.17, 15) is 24.5 Å². The van der Waals surface area contributed by atoms with Crippen LogP contribution in [0.1, 0.15) is 22.8 Å². The second-order valence-electron chi connectivity index (χ2n) is 5.66. The lowest BCUT2D eigenvalue weighted by Crippen LogP contribution is -2.21. The largest absolute Gasteiger partial charge is 0.452 e. The first-order valence-electron chi connectivity index (χ1n) is 7.86. The van der Waals surface area contributed by atoms with E-state index in [0.29, 0.717) is 11.3 Å². The van der Waals surface area contributed by atoms with Crippen molar-refractivity contribution in [3.05, 3.63) is 63.7 Å². The summed E-state index contributed by atoms with van der Waals surface area (Å²) in [6, 6.07) is 10.3. The van der Waals surface area contributed by atoms with Crippen molar-refractivity contribution in [2.45, 2.75) is 13.8 Å². The Morgan fingerprint density at radius 2 is 1.74 bits per heavy atom. The molecule has 0 fully saturated rings. The summed E-state index contributed by atoms with van der Waals surface area (Å²) >= 11 is 0. The number of carbonyl (C=O) groups excluding carboxylic acids is 3. The van der Waals surface area contributed by atoms with Crippen molar-refractivity contribution >= 4 is 34.8 Å². The van der Waals surface area contributed by atoms with Gasteiger partial charge in [0.1, 0.15) is 5.69 Å². The van der Waals surface area contributed by atoms with E-state index in [1.54, 1.807) is 13.0 Å². The van der Waals surface area contributed by atoms with Gasteiger partial charge in [-0.25, -0.2) is 4.79 Å². The van der Waals surface area contributed by atoms with Crippen molar-refractivity contribution in [1.29, 1.82) is 0 Å². The van der Waals surface area contributed by atoms with Gasteiger partial charge in [-0.2, -0.15) is 0 Å². The van der Waals surface area contributed by atoms with Gasteiger partial charge >= 0.3 is 5.97 Å². The van der Waals surface area contributed by atoms with Crippen LogP contribution in [0.15, 0.2) is 42.5 Å². The monoisotopic (exact) mass is 371 g/mol. The molecule has 140 valence electrons. The summed E-state index contributed by atoms with van der Waals surface area (Å²) in [4.78, 5) is 45.3. The number of nitro groups is 1. The first-order chi connectivity index (χ1) is 12.8. The van der Waals surface area contributed by atoms with Crippen molar-refractivity contribution in [3.63, 3.8) is 0 Å². The van der Waals surface area contributed by atoms with Crippen LogP contribution in [-0.2, 0) is 14.3 Å². The Morgan fingerprint density at radius 1 is 1.07 bits per heavy atom. The minimum Gasteiger partial charge on any atom is -0.452 e. The molecule has 0 radical (unpaired) electrons. The third-order valence-electron chi connectivity index (χ3n) is 3.40. The zero-order chi connectivity index (χ0) is 20.0. The van der Waals surface area contributed by atoms with Gasteiger partial charge in [-0.1, -0.05) is 6.07 Å². The highest BCUT2D eigenvalue weighted by atomic mass is 16.6. The van der Waals surface area contributed by atoms with E-state index in [-0.39, 0.29) is 22.8 Å². The predicted octanol–water partition coefficient (Wildman–Crippen LogP) is 2.66. The van der Waals surface area contributed by atoms with Crippen LogP contribution in [0.5, 0.6) is 0 Å². The maximum absolute atomic E-state index is 12.0. The van der Waals surface area contributed by atoms with Crippen LogP contribution in [0, 0.1) is 17.0 Å². The number of carbonyl (C=O) groups is 3. The van der Waals surface area contributed by atoms with E-state index in [4.69, 9.17) is 4.74 Å². The number of anilines is 2. The maximum Gasteiger partial charge on any atom is 0.338 e. The second-order valence-corrected chi connectivity index (χ2v) is 5.66. The Labute approximate surface area is 154 Å². The van der Waals surface area contributed by atoms with Crippen molar-refractivity contribution in [2.75, 3.05) is 17.2 Å². The van der Waals surface area contributed by atoms with Crippen molar-refractivity contribution in [2.24, 2.45) is 0 Å². The minimum atomic E-state index is -0.738. The van der Waals surface area contributed by atoms with Gasteiger partial charge in [0.15, 0.2) is 6.61 Å². The summed E-state index contributed by atoms with van der Waals surface area (Å²) in [5, 5.41) is 16.0. The molecule has 2 rings (SSSR count). The van der Waals surface area contributed by atoms with Crippen LogP contribution in [0.3, 0.4) is 0 Å². The highest BCUT2D eigenvalue weighted by Crippen LogP contribution is 2.25. The van der Waals surface area contributed by atoms with Gasteiger partial charge < -0.3 is 15.4 Å². The standard InChI is InChI=1S/C18H17N3O6/c1-11-3-8-15(16(9-11)21(25)26)20-17(23)10-27-18(24)13-4-6-14(7-5-13)19-12(2)22/h3-9H,10H2,1-2H3,(H,19,22)(H,20,23). The van der Waals surface area contributed by atoms with Crippen LogP contribution in [0.2, 0.25) is 0 Å². The topological polar surface area (TPSA) is 128 Å². The molecule has 0 saturated carbocycles. The lowest BCUT2D eigenvalue weighted by molar-refractivity contribution is -0.384. The molecule has 0 saturated heterocycles. The minimum absolute atomic E-state index is 0.0197. The van der Waals surface area contributed by atoms with Crippen LogP contribution in [0.4, 0.5) is 17.1 Å². The Bertz CT molecular complexity index is 892. The molecule has 9 nitrogen and oxygen atoms in total. The average Bonchev–Trinajstić information content (AvgIpc) is 2.61. The molecule has 0 bridgehead atoms. The van der Waals surface area contributed by atoms with Crippen LogP contribution >= 0.6 is 0 Å². The quantitative estimate of drug-likeness (QED) is 0.456. The number of benzene rings is 2. The number of amides is 2. The first-order valence-corrected chi connectivity index (χ1v) is 7.86. The SMILES string of the molecule is CC(=O)Nc1ccc(C(=O)OCC(=O)Nc2ccc(C)cc2[N+](=O)[O-])cc1. The van der Waals surface area contributed by atoms with Gasteiger partial charge in [-0.3, -0.25) is 19.7 Å². The smallest absolute Gasteiger partial charge is 0.338 e. The number of ether oxygens (including phenoxy) is 1. The summed E-state index contributed by atoms with van der Waals surface area (Å²) in [6.45, 7) is 2.45. The fraction of sp³-hybridized carbons (Fsp3) is 0.167. The summed E-state index contributed by atoms with van der Waals surface area (Å²) in [7, 11) is 0. The molecule has 2 amide bonds. The second kappa shape index (κ2) is 8.56. The molecule has 0 aliphatic rings. The van der Waals surface area contributed by atoms with Crippen molar-refractivity contribution < 1.29 is 24.0 Å². The highest BCUT2D eigenvalue weighted by Gasteiger charge is 2.17. The molecule has 2 N–H and O–H groups in total. The Kier molecular flexibility index (Phi) is 6.21. The van der Waals surface area contributed by atoms with E-state index in [1.807, 2.05) is 0 Å². The average molecular weight is 371 g/mol. The Balaban J connectivity index is 1.94. The number of nitrogens with one attached hydrogen (secondary N) is 2. The molecule has 0 atom stereocenters.